The molecule has 0 radical (unpaired) electrons. The van der Waals surface area contributed by atoms with Crippen molar-refractivity contribution < 1.29 is 8.42 Å². The molecule has 20 heavy (non-hydrogen) atoms. The Labute approximate surface area is 129 Å². The Morgan fingerprint density at radius 3 is 2.25 bits per heavy atom. The van der Waals surface area contributed by atoms with Crippen LogP contribution >= 0.6 is 11.8 Å². The van der Waals surface area contributed by atoms with Crippen molar-refractivity contribution in [3.05, 3.63) is 0 Å². The summed E-state index contributed by atoms with van der Waals surface area (Å²) in [6, 6.07) is 0.468. The number of unbranched alkanes of at least 4 members (excludes halogenated alkanes) is 4. The van der Waals surface area contributed by atoms with Crippen LogP contribution in [-0.2, 0) is 10.0 Å². The maximum Gasteiger partial charge on any atom is 0.211 e. The summed E-state index contributed by atoms with van der Waals surface area (Å²) < 4.78 is 26.2. The first-order chi connectivity index (χ1) is 9.48. The van der Waals surface area contributed by atoms with Gasteiger partial charge in [-0.3, -0.25) is 0 Å². The van der Waals surface area contributed by atoms with Crippen LogP contribution in [0.5, 0.6) is 0 Å². The number of sulfonamides is 1. The SMILES string of the molecule is CSCCCCCCNS(=O)(=O)CCCCNC(C)C. The Morgan fingerprint density at radius 1 is 0.950 bits per heavy atom. The highest BCUT2D eigenvalue weighted by molar-refractivity contribution is 7.98. The predicted octanol–water partition coefficient (Wildman–Crippen LogP) is 2.61. The summed E-state index contributed by atoms with van der Waals surface area (Å²) >= 11 is 1.87. The Kier molecular flexibility index (Phi) is 13.1. The maximum absolute atomic E-state index is 11.7. The standard InChI is InChI=1S/C14H32N2O2S2/c1-14(2)15-10-7-9-13-20(17,18)16-11-6-4-5-8-12-19-3/h14-16H,4-13H2,1-3H3. The van der Waals surface area contributed by atoms with Gasteiger partial charge in [0, 0.05) is 12.6 Å². The molecular formula is C14H32N2O2S2. The van der Waals surface area contributed by atoms with Gasteiger partial charge in [0.25, 0.3) is 0 Å². The molecule has 0 bridgehead atoms. The highest BCUT2D eigenvalue weighted by atomic mass is 32.2. The number of rotatable bonds is 14. The monoisotopic (exact) mass is 324 g/mol. The van der Waals surface area contributed by atoms with Crippen LogP contribution in [0.15, 0.2) is 0 Å². The van der Waals surface area contributed by atoms with Gasteiger partial charge in [-0.15, -0.1) is 0 Å². The van der Waals surface area contributed by atoms with Gasteiger partial charge >= 0.3 is 0 Å². The smallest absolute Gasteiger partial charge is 0.211 e. The lowest BCUT2D eigenvalue weighted by atomic mass is 10.2. The highest BCUT2D eigenvalue weighted by Crippen LogP contribution is 2.04. The van der Waals surface area contributed by atoms with Crippen molar-refractivity contribution in [2.45, 2.75) is 58.4 Å². The lowest BCUT2D eigenvalue weighted by molar-refractivity contribution is 0.553. The Bertz CT molecular complexity index is 306. The molecule has 0 aromatic heterocycles. The third kappa shape index (κ3) is 14.6. The number of hydrogen-bond acceptors (Lipinski definition) is 4. The van der Waals surface area contributed by atoms with E-state index in [-0.39, 0.29) is 5.75 Å². The Balaban J connectivity index is 3.45. The van der Waals surface area contributed by atoms with Gasteiger partial charge in [0.2, 0.25) is 10.0 Å². The molecule has 0 aromatic rings. The zero-order valence-corrected chi connectivity index (χ0v) is 14.9. The van der Waals surface area contributed by atoms with Crippen molar-refractivity contribution >= 4 is 21.8 Å². The lowest BCUT2D eigenvalue weighted by Gasteiger charge is -2.09. The fraction of sp³-hybridized carbons (Fsp3) is 1.00. The molecule has 0 unspecified atom stereocenters. The second kappa shape index (κ2) is 12.9. The molecule has 2 N–H and O–H groups in total. The second-order valence-corrected chi connectivity index (χ2v) is 8.35. The molecule has 4 nitrogen and oxygen atoms in total. The first-order valence-electron chi connectivity index (χ1n) is 7.67. The van der Waals surface area contributed by atoms with E-state index in [1.807, 2.05) is 11.8 Å². The van der Waals surface area contributed by atoms with E-state index in [4.69, 9.17) is 0 Å². The van der Waals surface area contributed by atoms with Gasteiger partial charge in [-0.05, 0) is 44.2 Å². The molecule has 0 rings (SSSR count). The zero-order valence-electron chi connectivity index (χ0n) is 13.3. The summed E-state index contributed by atoms with van der Waals surface area (Å²) in [6.07, 6.45) is 8.24. The highest BCUT2D eigenvalue weighted by Gasteiger charge is 2.08. The minimum atomic E-state index is -3.06. The van der Waals surface area contributed by atoms with Gasteiger partial charge in [0.1, 0.15) is 0 Å². The minimum absolute atomic E-state index is 0.249. The number of thioether (sulfide) groups is 1. The quantitative estimate of drug-likeness (QED) is 0.482. The molecule has 0 saturated heterocycles. The Morgan fingerprint density at radius 2 is 1.60 bits per heavy atom. The molecule has 0 aliphatic heterocycles. The van der Waals surface area contributed by atoms with Crippen LogP contribution in [0, 0.1) is 0 Å². The van der Waals surface area contributed by atoms with Crippen molar-refractivity contribution in [1.29, 1.82) is 0 Å². The predicted molar refractivity (Wildman–Crippen MR) is 91.0 cm³/mol. The van der Waals surface area contributed by atoms with E-state index in [9.17, 15) is 8.42 Å². The van der Waals surface area contributed by atoms with E-state index in [0.717, 1.165) is 32.2 Å². The van der Waals surface area contributed by atoms with Gasteiger partial charge < -0.3 is 5.32 Å². The third-order valence-electron chi connectivity index (χ3n) is 2.99. The van der Waals surface area contributed by atoms with E-state index >= 15 is 0 Å². The van der Waals surface area contributed by atoms with E-state index in [1.54, 1.807) is 0 Å². The largest absolute Gasteiger partial charge is 0.315 e. The van der Waals surface area contributed by atoms with Crippen molar-refractivity contribution in [1.82, 2.24) is 10.0 Å². The van der Waals surface area contributed by atoms with Crippen LogP contribution in [0.4, 0.5) is 0 Å². The molecule has 0 aliphatic rings. The summed E-state index contributed by atoms with van der Waals surface area (Å²) in [4.78, 5) is 0. The van der Waals surface area contributed by atoms with Crippen molar-refractivity contribution in [3.63, 3.8) is 0 Å². The van der Waals surface area contributed by atoms with Crippen molar-refractivity contribution in [3.8, 4) is 0 Å². The molecule has 0 aromatic carbocycles. The van der Waals surface area contributed by atoms with Crippen LogP contribution in [0.25, 0.3) is 0 Å². The summed E-state index contributed by atoms with van der Waals surface area (Å²) in [7, 11) is -3.06. The molecule has 0 aliphatic carbocycles. The molecule has 0 fully saturated rings. The van der Waals surface area contributed by atoms with E-state index in [0.29, 0.717) is 12.6 Å². The maximum atomic E-state index is 11.7. The van der Waals surface area contributed by atoms with Gasteiger partial charge in [-0.1, -0.05) is 26.7 Å². The Hall–Kier alpha value is 0.220. The summed E-state index contributed by atoms with van der Waals surface area (Å²) in [5.41, 5.74) is 0. The van der Waals surface area contributed by atoms with Gasteiger partial charge in [0.05, 0.1) is 5.75 Å². The first-order valence-corrected chi connectivity index (χ1v) is 10.7. The second-order valence-electron chi connectivity index (χ2n) is 5.44. The fourth-order valence-electron chi connectivity index (χ4n) is 1.83. The molecule has 0 saturated carbocycles. The number of hydrogen-bond donors (Lipinski definition) is 2. The molecule has 0 heterocycles. The van der Waals surface area contributed by atoms with Gasteiger partial charge in [-0.2, -0.15) is 11.8 Å². The van der Waals surface area contributed by atoms with Crippen molar-refractivity contribution in [2.75, 3.05) is 30.9 Å². The van der Waals surface area contributed by atoms with Crippen LogP contribution < -0.4 is 10.0 Å². The van der Waals surface area contributed by atoms with Crippen molar-refractivity contribution in [2.24, 2.45) is 0 Å². The van der Waals surface area contributed by atoms with Crippen LogP contribution in [-0.4, -0.2) is 45.3 Å². The molecule has 122 valence electrons. The van der Waals surface area contributed by atoms with E-state index in [1.165, 1.54) is 18.6 Å². The third-order valence-corrected chi connectivity index (χ3v) is 5.16. The molecule has 0 atom stereocenters. The molecule has 0 amide bonds. The summed E-state index contributed by atoms with van der Waals surface area (Å²) in [6.45, 7) is 5.67. The van der Waals surface area contributed by atoms with Crippen LogP contribution in [0.3, 0.4) is 0 Å². The fourth-order valence-corrected chi connectivity index (χ4v) is 3.51. The average Bonchev–Trinajstić information content (AvgIpc) is 2.36. The first kappa shape index (κ1) is 20.2. The molecule has 6 heteroatoms. The van der Waals surface area contributed by atoms with E-state index in [2.05, 4.69) is 30.1 Å². The van der Waals surface area contributed by atoms with Gasteiger partial charge in [0.15, 0.2) is 0 Å². The number of nitrogens with one attached hydrogen (secondary N) is 2. The summed E-state index contributed by atoms with van der Waals surface area (Å²) in [5.74, 6) is 1.45. The lowest BCUT2D eigenvalue weighted by Crippen LogP contribution is -2.28. The normalized spacial score (nSPS) is 12.2. The van der Waals surface area contributed by atoms with Crippen LogP contribution in [0.1, 0.15) is 52.4 Å². The van der Waals surface area contributed by atoms with Crippen LogP contribution in [0.2, 0.25) is 0 Å². The van der Waals surface area contributed by atoms with Gasteiger partial charge in [-0.25, -0.2) is 13.1 Å². The van der Waals surface area contributed by atoms with E-state index < -0.39 is 10.0 Å². The molecular weight excluding hydrogens is 292 g/mol. The average molecular weight is 325 g/mol. The topological polar surface area (TPSA) is 58.2 Å². The summed E-state index contributed by atoms with van der Waals surface area (Å²) in [5, 5.41) is 3.29. The zero-order chi connectivity index (χ0) is 15.3. The molecule has 0 spiro atoms. The minimum Gasteiger partial charge on any atom is -0.315 e.